The second kappa shape index (κ2) is 9.35. The average Bonchev–Trinajstić information content (AvgIpc) is 3.50. The topological polar surface area (TPSA) is 64.0 Å². The molecule has 0 bridgehead atoms. The number of nitrogens with zero attached hydrogens (tertiary/aromatic N) is 2. The number of hydrogen-bond acceptors (Lipinski definition) is 6. The molecule has 1 amide bonds. The molecule has 5 aromatic rings. The molecule has 0 aliphatic heterocycles. The van der Waals surface area contributed by atoms with Crippen molar-refractivity contribution >= 4 is 56.2 Å². The highest BCUT2D eigenvalue weighted by atomic mass is 32.2. The standard InChI is InChI=1S/C25H19N3O2S3/c1-16-8-5-6-11-19(16)26-21(29)15-33-25-27-23-22(18(14-32-23)20-12-7-13-31-20)24(30)28(25)17-9-3-2-4-10-17/h2-14H,15H2,1H3,(H,26,29). The summed E-state index contributed by atoms with van der Waals surface area (Å²) in [5.41, 5.74) is 3.28. The van der Waals surface area contributed by atoms with Gasteiger partial charge in [0, 0.05) is 21.5 Å². The maximum atomic E-state index is 13.7. The lowest BCUT2D eigenvalue weighted by atomic mass is 10.2. The average molecular weight is 490 g/mol. The van der Waals surface area contributed by atoms with E-state index >= 15 is 0 Å². The minimum atomic E-state index is -0.145. The Bertz CT molecular complexity index is 1490. The molecule has 0 atom stereocenters. The van der Waals surface area contributed by atoms with Gasteiger partial charge in [-0.05, 0) is 42.1 Å². The first kappa shape index (κ1) is 21.6. The molecule has 0 spiro atoms. The molecule has 0 aliphatic carbocycles. The Morgan fingerprint density at radius 3 is 2.58 bits per heavy atom. The van der Waals surface area contributed by atoms with E-state index in [2.05, 4.69) is 5.32 Å². The number of aromatic nitrogens is 2. The smallest absolute Gasteiger partial charge is 0.268 e. The molecule has 3 aromatic heterocycles. The molecule has 0 fully saturated rings. The first-order valence-electron chi connectivity index (χ1n) is 10.2. The minimum absolute atomic E-state index is 0.127. The number of rotatable bonds is 6. The third kappa shape index (κ3) is 4.37. The van der Waals surface area contributed by atoms with Crippen molar-refractivity contribution in [3.63, 3.8) is 0 Å². The number of amides is 1. The zero-order valence-electron chi connectivity index (χ0n) is 17.6. The largest absolute Gasteiger partial charge is 0.325 e. The van der Waals surface area contributed by atoms with Gasteiger partial charge in [-0.15, -0.1) is 22.7 Å². The summed E-state index contributed by atoms with van der Waals surface area (Å²) >= 11 is 4.31. The summed E-state index contributed by atoms with van der Waals surface area (Å²) in [5.74, 6) is -0.00357. The lowest BCUT2D eigenvalue weighted by Gasteiger charge is -2.13. The highest BCUT2D eigenvalue weighted by Crippen LogP contribution is 2.35. The van der Waals surface area contributed by atoms with Crippen LogP contribution < -0.4 is 10.9 Å². The van der Waals surface area contributed by atoms with Gasteiger partial charge in [-0.25, -0.2) is 4.98 Å². The van der Waals surface area contributed by atoms with Crippen LogP contribution >= 0.6 is 34.4 Å². The molecule has 5 nitrogen and oxygen atoms in total. The van der Waals surface area contributed by atoms with Crippen molar-refractivity contribution in [3.05, 3.63) is 93.4 Å². The van der Waals surface area contributed by atoms with Crippen LogP contribution in [0.5, 0.6) is 0 Å². The molecule has 0 radical (unpaired) electrons. The normalized spacial score (nSPS) is 11.1. The first-order valence-corrected chi connectivity index (χ1v) is 13.0. The van der Waals surface area contributed by atoms with Crippen molar-refractivity contribution in [3.8, 4) is 16.1 Å². The van der Waals surface area contributed by atoms with Crippen molar-refractivity contribution in [1.82, 2.24) is 9.55 Å². The van der Waals surface area contributed by atoms with Crippen molar-refractivity contribution in [1.29, 1.82) is 0 Å². The van der Waals surface area contributed by atoms with Gasteiger partial charge in [0.15, 0.2) is 5.16 Å². The number of thioether (sulfide) groups is 1. The van der Waals surface area contributed by atoms with E-state index in [1.54, 1.807) is 15.9 Å². The molecule has 33 heavy (non-hydrogen) atoms. The van der Waals surface area contributed by atoms with Crippen LogP contribution in [0.25, 0.3) is 26.3 Å². The number of para-hydroxylation sites is 2. The van der Waals surface area contributed by atoms with Crippen LogP contribution in [0.15, 0.2) is 87.4 Å². The second-order valence-electron chi connectivity index (χ2n) is 7.33. The predicted octanol–water partition coefficient (Wildman–Crippen LogP) is 6.21. The van der Waals surface area contributed by atoms with Crippen LogP contribution in [0.2, 0.25) is 0 Å². The van der Waals surface area contributed by atoms with E-state index in [0.29, 0.717) is 15.4 Å². The Kier molecular flexibility index (Phi) is 6.13. The van der Waals surface area contributed by atoms with Gasteiger partial charge in [-0.3, -0.25) is 14.2 Å². The number of fused-ring (bicyclic) bond motifs is 1. The van der Waals surface area contributed by atoms with Gasteiger partial charge in [-0.1, -0.05) is 54.2 Å². The summed E-state index contributed by atoms with van der Waals surface area (Å²) in [4.78, 5) is 32.9. The van der Waals surface area contributed by atoms with Crippen molar-refractivity contribution in [2.24, 2.45) is 0 Å². The maximum Gasteiger partial charge on any atom is 0.268 e. The summed E-state index contributed by atoms with van der Waals surface area (Å²) in [6.07, 6.45) is 0. The fourth-order valence-corrected chi connectivity index (χ4v) is 6.13. The van der Waals surface area contributed by atoms with Gasteiger partial charge in [0.1, 0.15) is 4.83 Å². The molecular weight excluding hydrogens is 470 g/mol. The molecule has 0 unspecified atom stereocenters. The van der Waals surface area contributed by atoms with E-state index in [1.165, 1.54) is 23.1 Å². The second-order valence-corrected chi connectivity index (χ2v) is 10.1. The van der Waals surface area contributed by atoms with Crippen LogP contribution in [-0.4, -0.2) is 21.2 Å². The lowest BCUT2D eigenvalue weighted by molar-refractivity contribution is -0.113. The molecular formula is C25H19N3O2S3. The summed E-state index contributed by atoms with van der Waals surface area (Å²) < 4.78 is 1.61. The van der Waals surface area contributed by atoms with Gasteiger partial charge in [0.25, 0.3) is 5.56 Å². The molecule has 2 aromatic carbocycles. The maximum absolute atomic E-state index is 13.7. The van der Waals surface area contributed by atoms with Crippen LogP contribution in [0.1, 0.15) is 5.56 Å². The predicted molar refractivity (Wildman–Crippen MR) is 139 cm³/mol. The summed E-state index contributed by atoms with van der Waals surface area (Å²) in [6.45, 7) is 1.95. The van der Waals surface area contributed by atoms with Gasteiger partial charge in [0.2, 0.25) is 5.91 Å². The Labute approximate surface area is 202 Å². The number of nitrogens with one attached hydrogen (secondary N) is 1. The molecule has 5 rings (SSSR count). The summed E-state index contributed by atoms with van der Waals surface area (Å²) in [7, 11) is 0. The lowest BCUT2D eigenvalue weighted by Crippen LogP contribution is -2.22. The zero-order chi connectivity index (χ0) is 22.8. The third-order valence-corrected chi connectivity index (χ3v) is 7.84. The van der Waals surface area contributed by atoms with Crippen molar-refractivity contribution < 1.29 is 4.79 Å². The monoisotopic (exact) mass is 489 g/mol. The number of benzene rings is 2. The number of carbonyl (C=O) groups excluding carboxylic acids is 1. The highest BCUT2D eigenvalue weighted by Gasteiger charge is 2.19. The zero-order valence-corrected chi connectivity index (χ0v) is 20.1. The van der Waals surface area contributed by atoms with Gasteiger partial charge in [-0.2, -0.15) is 0 Å². The number of hydrogen-bond donors (Lipinski definition) is 1. The number of aryl methyl sites for hydroxylation is 1. The molecule has 0 saturated heterocycles. The Balaban J connectivity index is 1.53. The van der Waals surface area contributed by atoms with E-state index in [0.717, 1.165) is 27.4 Å². The van der Waals surface area contributed by atoms with E-state index in [-0.39, 0.29) is 17.2 Å². The number of carbonyl (C=O) groups is 1. The highest BCUT2D eigenvalue weighted by molar-refractivity contribution is 7.99. The minimum Gasteiger partial charge on any atom is -0.325 e. The van der Waals surface area contributed by atoms with E-state index in [1.807, 2.05) is 84.4 Å². The molecule has 1 N–H and O–H groups in total. The molecule has 3 heterocycles. The molecule has 0 saturated carbocycles. The van der Waals surface area contributed by atoms with Gasteiger partial charge >= 0.3 is 0 Å². The summed E-state index contributed by atoms with van der Waals surface area (Å²) in [5, 5.41) is 8.04. The fraction of sp³-hybridized carbons (Fsp3) is 0.0800. The van der Waals surface area contributed by atoms with Crippen LogP contribution in [0.4, 0.5) is 5.69 Å². The summed E-state index contributed by atoms with van der Waals surface area (Å²) in [6, 6.07) is 21.1. The van der Waals surface area contributed by atoms with Crippen molar-refractivity contribution in [2.75, 3.05) is 11.1 Å². The van der Waals surface area contributed by atoms with Crippen LogP contribution in [0, 0.1) is 6.92 Å². The number of thiophene rings is 2. The number of anilines is 1. The van der Waals surface area contributed by atoms with Crippen molar-refractivity contribution in [2.45, 2.75) is 12.1 Å². The van der Waals surface area contributed by atoms with Crippen LogP contribution in [-0.2, 0) is 4.79 Å². The molecule has 8 heteroatoms. The Morgan fingerprint density at radius 1 is 1.03 bits per heavy atom. The Morgan fingerprint density at radius 2 is 1.82 bits per heavy atom. The van der Waals surface area contributed by atoms with E-state index in [9.17, 15) is 9.59 Å². The Hall–Kier alpha value is -3.20. The SMILES string of the molecule is Cc1ccccc1NC(=O)CSc1nc2scc(-c3cccs3)c2c(=O)n1-c1ccccc1. The third-order valence-electron chi connectivity index (χ3n) is 5.13. The van der Waals surface area contributed by atoms with Gasteiger partial charge < -0.3 is 5.32 Å². The quantitative estimate of drug-likeness (QED) is 0.227. The van der Waals surface area contributed by atoms with E-state index in [4.69, 9.17) is 4.98 Å². The fourth-order valence-electron chi connectivity index (χ4n) is 3.52. The van der Waals surface area contributed by atoms with Crippen LogP contribution in [0.3, 0.4) is 0 Å². The molecule has 0 aliphatic rings. The molecule has 164 valence electrons. The first-order chi connectivity index (χ1) is 16.1. The van der Waals surface area contributed by atoms with E-state index < -0.39 is 0 Å². The van der Waals surface area contributed by atoms with Gasteiger partial charge in [0.05, 0.1) is 16.8 Å².